The molecule has 7 nitrogen and oxygen atoms in total. The lowest BCUT2D eigenvalue weighted by Gasteiger charge is -2.38. The van der Waals surface area contributed by atoms with Crippen molar-refractivity contribution in [3.63, 3.8) is 0 Å². The molecule has 1 atom stereocenters. The number of halogens is 2. The number of thiophene rings is 1. The second-order valence-electron chi connectivity index (χ2n) is 9.01. The number of nitrogens with zero attached hydrogens (tertiary/aromatic N) is 2. The number of carbonyl (C=O) groups is 2. The molecule has 0 radical (unpaired) electrons. The number of methoxy groups -OCH3 is 2. The molecule has 0 fully saturated rings. The third-order valence-corrected chi connectivity index (χ3v) is 8.28. The molecule has 1 aliphatic heterocycles. The molecule has 0 N–H and O–H groups in total. The van der Waals surface area contributed by atoms with Crippen LogP contribution in [0.1, 0.15) is 38.2 Å². The maximum atomic E-state index is 14.0. The lowest BCUT2D eigenvalue weighted by molar-refractivity contribution is -0.134. The summed E-state index contributed by atoms with van der Waals surface area (Å²) in [6.07, 6.45) is 2.26. The molecule has 0 bridgehead atoms. The van der Waals surface area contributed by atoms with Crippen molar-refractivity contribution in [2.45, 2.75) is 19.0 Å². The average molecular weight is 586 g/mol. The predicted octanol–water partition coefficient (Wildman–Crippen LogP) is 6.48. The second kappa shape index (κ2) is 11.7. The Hall–Kier alpha value is -3.46. The molecule has 4 aromatic rings. The van der Waals surface area contributed by atoms with E-state index in [0.717, 1.165) is 17.5 Å². The zero-order valence-corrected chi connectivity index (χ0v) is 23.7. The van der Waals surface area contributed by atoms with Gasteiger partial charge in [-0.2, -0.15) is 0 Å². The highest BCUT2D eigenvalue weighted by atomic mass is 35.5. The van der Waals surface area contributed by atoms with Gasteiger partial charge in [-0.1, -0.05) is 29.3 Å². The smallest absolute Gasteiger partial charge is 0.258 e. The molecule has 2 aromatic carbocycles. The molecule has 1 unspecified atom stereocenters. The van der Waals surface area contributed by atoms with Crippen molar-refractivity contribution in [2.24, 2.45) is 0 Å². The molecule has 39 heavy (non-hydrogen) atoms. The maximum absolute atomic E-state index is 14.0. The Bertz CT molecular complexity index is 1490. The average Bonchev–Trinajstić information content (AvgIpc) is 3.64. The van der Waals surface area contributed by atoms with Gasteiger partial charge in [0.25, 0.3) is 5.91 Å². The maximum Gasteiger partial charge on any atom is 0.258 e. The highest BCUT2D eigenvalue weighted by Crippen LogP contribution is 2.41. The molecule has 0 saturated heterocycles. The third kappa shape index (κ3) is 5.64. The van der Waals surface area contributed by atoms with Crippen LogP contribution in [0.2, 0.25) is 10.0 Å². The number of hydrogen-bond donors (Lipinski definition) is 0. The van der Waals surface area contributed by atoms with Crippen LogP contribution in [0.4, 0.5) is 0 Å². The molecular formula is C29H26Cl2N2O5S. The van der Waals surface area contributed by atoms with Crippen molar-refractivity contribution in [3.8, 4) is 11.5 Å². The molecule has 0 saturated carbocycles. The zero-order valence-electron chi connectivity index (χ0n) is 21.4. The fourth-order valence-electron chi connectivity index (χ4n) is 4.83. The van der Waals surface area contributed by atoms with Crippen molar-refractivity contribution in [1.82, 2.24) is 9.80 Å². The van der Waals surface area contributed by atoms with Gasteiger partial charge in [-0.25, -0.2) is 0 Å². The summed E-state index contributed by atoms with van der Waals surface area (Å²) >= 11 is 14.5. The first-order chi connectivity index (χ1) is 18.9. The van der Waals surface area contributed by atoms with Crippen LogP contribution in [-0.4, -0.2) is 48.9 Å². The zero-order chi connectivity index (χ0) is 27.5. The van der Waals surface area contributed by atoms with Crippen LogP contribution in [0.3, 0.4) is 0 Å². The van der Waals surface area contributed by atoms with Gasteiger partial charge < -0.3 is 23.7 Å². The second-order valence-corrected chi connectivity index (χ2v) is 10.9. The topological polar surface area (TPSA) is 72.2 Å². The molecule has 1 aliphatic rings. The first-order valence-corrected chi connectivity index (χ1v) is 13.9. The van der Waals surface area contributed by atoms with Gasteiger partial charge in [0.1, 0.15) is 23.8 Å². The largest absolute Gasteiger partial charge is 0.497 e. The van der Waals surface area contributed by atoms with E-state index in [4.69, 9.17) is 37.1 Å². The highest BCUT2D eigenvalue weighted by molar-refractivity contribution is 7.10. The highest BCUT2D eigenvalue weighted by Gasteiger charge is 2.35. The SMILES string of the molecule is COc1ccc(C(=O)N(CC(=O)N2CCc3sccc3C2c2ccc(Cl)cc2Cl)Cc2ccco2)c(OC)c1. The fraction of sp³-hybridized carbons (Fsp3) is 0.241. The van der Waals surface area contributed by atoms with Gasteiger partial charge in [-0.3, -0.25) is 9.59 Å². The van der Waals surface area contributed by atoms with Crippen LogP contribution >= 0.6 is 34.5 Å². The van der Waals surface area contributed by atoms with Gasteiger partial charge in [0.15, 0.2) is 0 Å². The summed E-state index contributed by atoms with van der Waals surface area (Å²) in [5.74, 6) is 0.881. The van der Waals surface area contributed by atoms with E-state index in [1.165, 1.54) is 23.2 Å². The quantitative estimate of drug-likeness (QED) is 0.237. The van der Waals surface area contributed by atoms with Gasteiger partial charge in [-0.05, 0) is 65.4 Å². The molecule has 3 heterocycles. The van der Waals surface area contributed by atoms with E-state index in [-0.39, 0.29) is 24.9 Å². The first-order valence-electron chi connectivity index (χ1n) is 12.2. The van der Waals surface area contributed by atoms with E-state index in [1.54, 1.807) is 65.8 Å². The fourth-order valence-corrected chi connectivity index (χ4v) is 6.25. The molecule has 2 aromatic heterocycles. The Morgan fingerprint density at radius 2 is 1.92 bits per heavy atom. The Labute approximate surface area is 240 Å². The molecule has 0 aliphatic carbocycles. The molecule has 5 rings (SSSR count). The van der Waals surface area contributed by atoms with E-state index in [9.17, 15) is 9.59 Å². The molecule has 202 valence electrons. The number of amides is 2. The Morgan fingerprint density at radius 1 is 1.08 bits per heavy atom. The Morgan fingerprint density at radius 3 is 2.64 bits per heavy atom. The minimum Gasteiger partial charge on any atom is -0.497 e. The molecular weight excluding hydrogens is 559 g/mol. The van der Waals surface area contributed by atoms with Crippen molar-refractivity contribution in [1.29, 1.82) is 0 Å². The monoisotopic (exact) mass is 584 g/mol. The van der Waals surface area contributed by atoms with Crippen LogP contribution < -0.4 is 9.47 Å². The summed E-state index contributed by atoms with van der Waals surface area (Å²) in [6.45, 7) is 0.428. The van der Waals surface area contributed by atoms with Gasteiger partial charge in [0.05, 0.1) is 38.6 Å². The molecule has 2 amide bonds. The van der Waals surface area contributed by atoms with Gasteiger partial charge in [-0.15, -0.1) is 11.3 Å². The van der Waals surface area contributed by atoms with Gasteiger partial charge in [0.2, 0.25) is 5.91 Å². The summed E-state index contributed by atoms with van der Waals surface area (Å²) in [7, 11) is 3.03. The van der Waals surface area contributed by atoms with E-state index in [1.807, 2.05) is 17.5 Å². The lowest BCUT2D eigenvalue weighted by atomic mass is 9.93. The van der Waals surface area contributed by atoms with Crippen molar-refractivity contribution in [3.05, 3.63) is 104 Å². The molecule has 10 heteroatoms. The number of furan rings is 1. The van der Waals surface area contributed by atoms with E-state index < -0.39 is 6.04 Å². The number of benzene rings is 2. The normalized spacial score (nSPS) is 14.6. The number of hydrogen-bond acceptors (Lipinski definition) is 6. The Kier molecular flexibility index (Phi) is 8.16. The van der Waals surface area contributed by atoms with E-state index in [0.29, 0.717) is 39.4 Å². The summed E-state index contributed by atoms with van der Waals surface area (Å²) in [4.78, 5) is 32.3. The molecule has 0 spiro atoms. The summed E-state index contributed by atoms with van der Waals surface area (Å²) in [5.41, 5.74) is 2.13. The summed E-state index contributed by atoms with van der Waals surface area (Å²) < 4.78 is 16.3. The van der Waals surface area contributed by atoms with Gasteiger partial charge in [0, 0.05) is 27.5 Å². The number of ether oxygens (including phenoxy) is 2. The van der Waals surface area contributed by atoms with Crippen molar-refractivity contribution in [2.75, 3.05) is 27.3 Å². The number of rotatable bonds is 8. The van der Waals surface area contributed by atoms with E-state index in [2.05, 4.69) is 0 Å². The minimum absolute atomic E-state index is 0.108. The van der Waals surface area contributed by atoms with Crippen LogP contribution in [0, 0.1) is 0 Å². The van der Waals surface area contributed by atoms with E-state index >= 15 is 0 Å². The Balaban J connectivity index is 1.48. The number of fused-ring (bicyclic) bond motifs is 1. The summed E-state index contributed by atoms with van der Waals surface area (Å²) in [6, 6.07) is 15.4. The van der Waals surface area contributed by atoms with Crippen LogP contribution in [0.25, 0.3) is 0 Å². The predicted molar refractivity (Wildman–Crippen MR) is 151 cm³/mol. The van der Waals surface area contributed by atoms with Crippen molar-refractivity contribution < 1.29 is 23.5 Å². The number of carbonyl (C=O) groups excluding carboxylic acids is 2. The van der Waals surface area contributed by atoms with Crippen LogP contribution in [0.5, 0.6) is 11.5 Å². The van der Waals surface area contributed by atoms with Crippen LogP contribution in [-0.2, 0) is 17.8 Å². The van der Waals surface area contributed by atoms with Crippen molar-refractivity contribution >= 4 is 46.4 Å². The minimum atomic E-state index is -0.395. The first kappa shape index (κ1) is 27.1. The standard InChI is InChI=1S/C29H26Cl2N2O5S/c1-36-19-6-8-22(25(15-19)37-2)29(35)32(16-20-4-3-12-38-20)17-27(34)33-11-9-26-23(10-13-39-26)28(33)21-7-5-18(30)14-24(21)31/h3-8,10,12-15,28H,9,11,16-17H2,1-2H3. The lowest BCUT2D eigenvalue weighted by Crippen LogP contribution is -2.46. The third-order valence-electron chi connectivity index (χ3n) is 6.72. The summed E-state index contributed by atoms with van der Waals surface area (Å²) in [5, 5.41) is 3.03. The van der Waals surface area contributed by atoms with Gasteiger partial charge >= 0.3 is 0 Å². The van der Waals surface area contributed by atoms with Crippen LogP contribution in [0.15, 0.2) is 70.7 Å².